The highest BCUT2D eigenvalue weighted by atomic mass is 16.5. The molecule has 0 spiro atoms. The van der Waals surface area contributed by atoms with E-state index in [9.17, 15) is 10.0 Å². The number of ether oxygens (including phenoxy) is 1. The molecular formula is C22H25NO3. The summed E-state index contributed by atoms with van der Waals surface area (Å²) in [5.41, 5.74) is 3.37. The van der Waals surface area contributed by atoms with Crippen LogP contribution < -0.4 is 4.73 Å². The lowest BCUT2D eigenvalue weighted by molar-refractivity contribution is -0.593. The maximum Gasteiger partial charge on any atom is 0.223 e. The van der Waals surface area contributed by atoms with Crippen LogP contribution in [0.5, 0.6) is 0 Å². The fraction of sp³-hybridized carbons (Fsp3) is 0.364. The predicted molar refractivity (Wildman–Crippen MR) is 102 cm³/mol. The molecular weight excluding hydrogens is 326 g/mol. The van der Waals surface area contributed by atoms with Crippen LogP contribution in [0, 0.1) is 12.1 Å². The summed E-state index contributed by atoms with van der Waals surface area (Å²) in [6.45, 7) is 11.5. The average molecular weight is 351 g/mol. The van der Waals surface area contributed by atoms with Crippen molar-refractivity contribution in [3.05, 3.63) is 64.5 Å². The van der Waals surface area contributed by atoms with E-state index < -0.39 is 11.2 Å². The van der Waals surface area contributed by atoms with E-state index in [0.29, 0.717) is 11.3 Å². The van der Waals surface area contributed by atoms with E-state index in [-0.39, 0.29) is 5.78 Å². The molecule has 0 bridgehead atoms. The second-order valence-electron chi connectivity index (χ2n) is 7.89. The summed E-state index contributed by atoms with van der Waals surface area (Å²) >= 11 is 0. The zero-order chi connectivity index (χ0) is 19.3. The molecule has 0 atom stereocenters. The summed E-state index contributed by atoms with van der Waals surface area (Å²) in [6, 6.07) is 11.1. The van der Waals surface area contributed by atoms with Crippen molar-refractivity contribution < 1.29 is 14.3 Å². The number of ketones is 1. The Morgan fingerprint density at radius 1 is 1.00 bits per heavy atom. The number of rotatable bonds is 2. The molecule has 0 unspecified atom stereocenters. The molecule has 0 radical (unpaired) electrons. The van der Waals surface area contributed by atoms with Gasteiger partial charge in [-0.25, -0.2) is 0 Å². The van der Waals surface area contributed by atoms with Gasteiger partial charge in [0.25, 0.3) is 0 Å². The van der Waals surface area contributed by atoms with Gasteiger partial charge >= 0.3 is 0 Å². The zero-order valence-corrected chi connectivity index (χ0v) is 16.2. The molecule has 2 heterocycles. The summed E-state index contributed by atoms with van der Waals surface area (Å²) in [6.07, 6.45) is 1.48. The number of hydrogen-bond donors (Lipinski definition) is 0. The lowest BCUT2D eigenvalue weighted by atomic mass is 9.78. The van der Waals surface area contributed by atoms with Crippen LogP contribution in [0.3, 0.4) is 0 Å². The normalized spacial score (nSPS) is 18.9. The molecule has 0 amide bonds. The number of aryl methyl sites for hydroxylation is 1. The number of benzene rings is 1. The van der Waals surface area contributed by atoms with Gasteiger partial charge in [-0.15, -0.1) is 0 Å². The number of aromatic nitrogens is 1. The van der Waals surface area contributed by atoms with E-state index in [0.717, 1.165) is 27.0 Å². The van der Waals surface area contributed by atoms with Crippen LogP contribution in [0.4, 0.5) is 0 Å². The first-order valence-electron chi connectivity index (χ1n) is 8.80. The Morgan fingerprint density at radius 3 is 2.35 bits per heavy atom. The SMILES string of the molecule is CC1=C(c2cc(-c3cccc[n+]3[O-])ccc2C)C(=O)C(C)(C)OC1(C)C. The Morgan fingerprint density at radius 2 is 1.69 bits per heavy atom. The van der Waals surface area contributed by atoms with Gasteiger partial charge in [0, 0.05) is 23.3 Å². The van der Waals surface area contributed by atoms with Crippen LogP contribution >= 0.6 is 0 Å². The van der Waals surface area contributed by atoms with Gasteiger partial charge in [0.15, 0.2) is 12.0 Å². The van der Waals surface area contributed by atoms with Gasteiger partial charge in [0.1, 0.15) is 5.60 Å². The predicted octanol–water partition coefficient (Wildman–Crippen LogP) is 4.23. The molecule has 3 rings (SSSR count). The minimum Gasteiger partial charge on any atom is -0.618 e. The first-order valence-corrected chi connectivity index (χ1v) is 8.80. The van der Waals surface area contributed by atoms with Crippen molar-refractivity contribution in [1.82, 2.24) is 0 Å². The third kappa shape index (κ3) is 2.95. The maximum atomic E-state index is 13.2. The number of Topliss-reactive ketones (excluding diaryl/α,β-unsaturated/α-hetero) is 1. The molecule has 0 N–H and O–H groups in total. The fourth-order valence-corrected chi connectivity index (χ4v) is 3.56. The minimum absolute atomic E-state index is 0.0300. The third-order valence-electron chi connectivity index (χ3n) is 5.19. The topological polar surface area (TPSA) is 53.2 Å². The van der Waals surface area contributed by atoms with Crippen molar-refractivity contribution in [3.63, 3.8) is 0 Å². The summed E-state index contributed by atoms with van der Waals surface area (Å²) < 4.78 is 6.89. The Hall–Kier alpha value is -2.46. The van der Waals surface area contributed by atoms with Crippen molar-refractivity contribution in [1.29, 1.82) is 0 Å². The van der Waals surface area contributed by atoms with Crippen LogP contribution in [-0.2, 0) is 9.53 Å². The second-order valence-corrected chi connectivity index (χ2v) is 7.89. The molecule has 1 aliphatic heterocycles. The summed E-state index contributed by atoms with van der Waals surface area (Å²) in [7, 11) is 0. The van der Waals surface area contributed by atoms with E-state index in [1.807, 2.05) is 65.8 Å². The van der Waals surface area contributed by atoms with Gasteiger partial charge < -0.3 is 9.94 Å². The molecule has 1 aliphatic rings. The fourth-order valence-electron chi connectivity index (χ4n) is 3.56. The summed E-state index contributed by atoms with van der Waals surface area (Å²) in [5.74, 6) is -0.0300. The highest BCUT2D eigenvalue weighted by molar-refractivity contribution is 6.26. The first kappa shape index (κ1) is 18.3. The van der Waals surface area contributed by atoms with Crippen LogP contribution in [0.2, 0.25) is 0 Å². The monoisotopic (exact) mass is 351 g/mol. The molecule has 0 aliphatic carbocycles. The summed E-state index contributed by atoms with van der Waals surface area (Å²) in [5, 5.41) is 12.1. The minimum atomic E-state index is -0.897. The molecule has 1 aromatic heterocycles. The second kappa shape index (κ2) is 6.06. The highest BCUT2D eigenvalue weighted by Gasteiger charge is 2.45. The smallest absolute Gasteiger partial charge is 0.223 e. The van der Waals surface area contributed by atoms with Crippen LogP contribution in [0.15, 0.2) is 48.2 Å². The quantitative estimate of drug-likeness (QED) is 0.601. The number of pyridine rings is 1. The van der Waals surface area contributed by atoms with E-state index in [2.05, 4.69) is 0 Å². The third-order valence-corrected chi connectivity index (χ3v) is 5.19. The number of carbonyl (C=O) groups is 1. The molecule has 0 saturated carbocycles. The van der Waals surface area contributed by atoms with Gasteiger partial charge in [-0.1, -0.05) is 6.07 Å². The first-order chi connectivity index (χ1) is 12.0. The largest absolute Gasteiger partial charge is 0.618 e. The number of carbonyl (C=O) groups excluding carboxylic acids is 1. The Labute approximate surface area is 154 Å². The molecule has 0 saturated heterocycles. The standard InChI is InChI=1S/C22H25NO3/c1-14-10-11-16(18-9-7-8-12-23(18)25)13-17(14)19-15(2)21(3,4)26-22(5,6)20(19)24/h7-13H,1-6H3. The van der Waals surface area contributed by atoms with E-state index in [4.69, 9.17) is 4.74 Å². The van der Waals surface area contributed by atoms with E-state index >= 15 is 0 Å². The van der Waals surface area contributed by atoms with Gasteiger partial charge in [-0.05, 0) is 76.4 Å². The van der Waals surface area contributed by atoms with Crippen molar-refractivity contribution in [2.45, 2.75) is 52.7 Å². The molecule has 1 aromatic carbocycles. The lowest BCUT2D eigenvalue weighted by Crippen LogP contribution is -2.49. The van der Waals surface area contributed by atoms with E-state index in [1.165, 1.54) is 6.20 Å². The average Bonchev–Trinajstić information content (AvgIpc) is 2.55. The lowest BCUT2D eigenvalue weighted by Gasteiger charge is -2.42. The highest BCUT2D eigenvalue weighted by Crippen LogP contribution is 2.42. The molecule has 136 valence electrons. The maximum absolute atomic E-state index is 13.2. The molecule has 4 heteroatoms. The van der Waals surface area contributed by atoms with Crippen molar-refractivity contribution in [2.75, 3.05) is 0 Å². The zero-order valence-electron chi connectivity index (χ0n) is 16.2. The molecule has 2 aromatic rings. The van der Waals surface area contributed by atoms with Crippen molar-refractivity contribution in [2.24, 2.45) is 0 Å². The van der Waals surface area contributed by atoms with Crippen LogP contribution in [0.25, 0.3) is 16.8 Å². The Bertz CT molecular complexity index is 923. The molecule has 4 nitrogen and oxygen atoms in total. The Balaban J connectivity index is 2.25. The number of hydrogen-bond acceptors (Lipinski definition) is 3. The van der Waals surface area contributed by atoms with Crippen LogP contribution in [0.1, 0.15) is 45.7 Å². The number of nitrogens with zero attached hydrogens (tertiary/aromatic N) is 1. The Kier molecular flexibility index (Phi) is 4.27. The van der Waals surface area contributed by atoms with E-state index in [1.54, 1.807) is 12.1 Å². The van der Waals surface area contributed by atoms with Crippen molar-refractivity contribution >= 4 is 11.4 Å². The van der Waals surface area contributed by atoms with Crippen molar-refractivity contribution in [3.8, 4) is 11.3 Å². The van der Waals surface area contributed by atoms with Gasteiger partial charge in [0.2, 0.25) is 5.69 Å². The van der Waals surface area contributed by atoms with Gasteiger partial charge in [-0.3, -0.25) is 4.79 Å². The van der Waals surface area contributed by atoms with Gasteiger partial charge in [0.05, 0.1) is 5.60 Å². The summed E-state index contributed by atoms with van der Waals surface area (Å²) in [4.78, 5) is 13.2. The molecule has 0 fully saturated rings. The van der Waals surface area contributed by atoms with Gasteiger partial charge in [-0.2, -0.15) is 4.73 Å². The molecule has 26 heavy (non-hydrogen) atoms. The van der Waals surface area contributed by atoms with Crippen LogP contribution in [-0.4, -0.2) is 17.0 Å².